The molecule has 0 aliphatic heterocycles. The molecule has 3 aromatic rings. The summed E-state index contributed by atoms with van der Waals surface area (Å²) >= 11 is 0. The van der Waals surface area contributed by atoms with Crippen LogP contribution in [0.2, 0.25) is 0 Å². The van der Waals surface area contributed by atoms with Crippen LogP contribution in [0.15, 0.2) is 47.4 Å². The Morgan fingerprint density at radius 1 is 1.16 bits per heavy atom. The van der Waals surface area contributed by atoms with Gasteiger partial charge in [0.05, 0.1) is 12.7 Å². The Bertz CT molecular complexity index is 1010. The van der Waals surface area contributed by atoms with Gasteiger partial charge in [-0.2, -0.15) is 0 Å². The van der Waals surface area contributed by atoms with Crippen molar-refractivity contribution in [1.82, 2.24) is 4.98 Å². The fraction of sp³-hybridized carbons (Fsp3) is 0.158. The van der Waals surface area contributed by atoms with E-state index in [4.69, 9.17) is 10.5 Å². The van der Waals surface area contributed by atoms with Crippen LogP contribution in [0.25, 0.3) is 10.8 Å². The Labute approximate surface area is 143 Å². The highest BCUT2D eigenvalue weighted by molar-refractivity contribution is 6.17. The molecule has 1 aromatic heterocycles. The number of carbonyl (C=O) groups excluding carboxylic acids is 1. The average Bonchev–Trinajstić information content (AvgIpc) is 2.63. The Balaban J connectivity index is 2.18. The first-order valence-corrected chi connectivity index (χ1v) is 7.79. The molecule has 0 amide bonds. The van der Waals surface area contributed by atoms with Gasteiger partial charge in [-0.1, -0.05) is 18.2 Å². The molecule has 0 bridgehead atoms. The third kappa shape index (κ3) is 2.92. The van der Waals surface area contributed by atoms with Gasteiger partial charge in [0.2, 0.25) is 0 Å². The van der Waals surface area contributed by atoms with E-state index in [0.717, 1.165) is 0 Å². The van der Waals surface area contributed by atoms with E-state index in [2.05, 4.69) is 4.98 Å². The Kier molecular flexibility index (Phi) is 4.63. The normalized spacial score (nSPS) is 10.8. The van der Waals surface area contributed by atoms with Gasteiger partial charge < -0.3 is 15.5 Å². The number of fused-ring (bicyclic) bond motifs is 1. The monoisotopic (exact) mass is 340 g/mol. The van der Waals surface area contributed by atoms with Crippen molar-refractivity contribution in [2.24, 2.45) is 5.73 Å². The molecule has 0 fully saturated rings. The van der Waals surface area contributed by atoms with Crippen molar-refractivity contribution in [1.29, 1.82) is 0 Å². The topological polar surface area (TPSA) is 85.2 Å². The summed E-state index contributed by atoms with van der Waals surface area (Å²) in [6.45, 7) is 0.291. The fourth-order valence-corrected chi connectivity index (χ4v) is 2.89. The van der Waals surface area contributed by atoms with Gasteiger partial charge in [0.1, 0.15) is 0 Å². The second-order valence-electron chi connectivity index (χ2n) is 5.56. The lowest BCUT2D eigenvalue weighted by Crippen LogP contribution is -2.11. The van der Waals surface area contributed by atoms with Gasteiger partial charge in [0.25, 0.3) is 5.56 Å². The minimum absolute atomic E-state index is 0.105. The third-order valence-electron chi connectivity index (χ3n) is 4.10. The summed E-state index contributed by atoms with van der Waals surface area (Å²) < 4.78 is 19.7. The van der Waals surface area contributed by atoms with E-state index in [1.165, 1.54) is 25.4 Å². The largest absolute Gasteiger partial charge is 0.493 e. The number of hydrogen-bond acceptors (Lipinski definition) is 4. The minimum atomic E-state index is -0.586. The highest BCUT2D eigenvalue weighted by Gasteiger charge is 2.21. The SMILES string of the molecule is COc1c(C(=O)c2cccc3c(=O)[nH]ccc23)ccc(CCN)c1F. The number of halogens is 1. The van der Waals surface area contributed by atoms with Crippen LogP contribution >= 0.6 is 0 Å². The number of H-pyrrole nitrogens is 1. The van der Waals surface area contributed by atoms with Gasteiger partial charge in [-0.05, 0) is 42.1 Å². The third-order valence-corrected chi connectivity index (χ3v) is 4.10. The molecule has 0 saturated carbocycles. The van der Waals surface area contributed by atoms with Gasteiger partial charge >= 0.3 is 0 Å². The highest BCUT2D eigenvalue weighted by atomic mass is 19.1. The lowest BCUT2D eigenvalue weighted by molar-refractivity contribution is 0.103. The zero-order chi connectivity index (χ0) is 18.0. The summed E-state index contributed by atoms with van der Waals surface area (Å²) in [6.07, 6.45) is 1.82. The lowest BCUT2D eigenvalue weighted by atomic mass is 9.96. The van der Waals surface area contributed by atoms with E-state index in [1.807, 2.05) is 0 Å². The standard InChI is InChI=1S/C19H17FN2O3/c1-25-18-15(6-5-11(7-9-21)16(18)20)17(23)13-3-2-4-14-12(13)8-10-22-19(14)24/h2-6,8,10H,7,9,21H2,1H3,(H,22,24). The number of ether oxygens (including phenoxy) is 1. The van der Waals surface area contributed by atoms with Crippen molar-refractivity contribution in [2.75, 3.05) is 13.7 Å². The predicted molar refractivity (Wildman–Crippen MR) is 93.7 cm³/mol. The Hall–Kier alpha value is -2.99. The molecule has 0 atom stereocenters. The van der Waals surface area contributed by atoms with E-state index in [9.17, 15) is 14.0 Å². The van der Waals surface area contributed by atoms with Gasteiger partial charge in [-0.15, -0.1) is 0 Å². The maximum atomic E-state index is 14.6. The van der Waals surface area contributed by atoms with E-state index >= 15 is 0 Å². The number of pyridine rings is 1. The molecule has 0 saturated heterocycles. The number of methoxy groups -OCH3 is 1. The summed E-state index contributed by atoms with van der Waals surface area (Å²) in [5, 5.41) is 0.900. The molecule has 0 aliphatic carbocycles. The smallest absolute Gasteiger partial charge is 0.255 e. The van der Waals surface area contributed by atoms with E-state index < -0.39 is 11.6 Å². The Morgan fingerprint density at radius 3 is 2.68 bits per heavy atom. The summed E-state index contributed by atoms with van der Waals surface area (Å²) in [4.78, 5) is 27.5. The molecule has 3 rings (SSSR count). The molecule has 0 aliphatic rings. The summed E-state index contributed by atoms with van der Waals surface area (Å²) in [7, 11) is 1.31. The number of ketones is 1. The molecule has 128 valence electrons. The number of benzene rings is 2. The summed E-state index contributed by atoms with van der Waals surface area (Å²) in [6, 6.07) is 9.57. The van der Waals surface area contributed by atoms with Gasteiger partial charge in [0, 0.05) is 17.1 Å². The molecule has 5 nitrogen and oxygen atoms in total. The van der Waals surface area contributed by atoms with Crippen molar-refractivity contribution in [2.45, 2.75) is 6.42 Å². The van der Waals surface area contributed by atoms with E-state index in [0.29, 0.717) is 34.9 Å². The van der Waals surface area contributed by atoms with Crippen LogP contribution in [0.3, 0.4) is 0 Å². The number of aromatic amines is 1. The lowest BCUT2D eigenvalue weighted by Gasteiger charge is -2.13. The number of aromatic nitrogens is 1. The minimum Gasteiger partial charge on any atom is -0.493 e. The zero-order valence-corrected chi connectivity index (χ0v) is 13.6. The molecule has 3 N–H and O–H groups in total. The van der Waals surface area contributed by atoms with Crippen molar-refractivity contribution >= 4 is 16.6 Å². The van der Waals surface area contributed by atoms with Crippen molar-refractivity contribution in [3.8, 4) is 5.75 Å². The number of carbonyl (C=O) groups is 1. The number of hydrogen-bond donors (Lipinski definition) is 2. The Morgan fingerprint density at radius 2 is 1.96 bits per heavy atom. The van der Waals surface area contributed by atoms with Gasteiger partial charge in [-0.3, -0.25) is 9.59 Å². The molecule has 0 spiro atoms. The van der Waals surface area contributed by atoms with Crippen LogP contribution in [-0.2, 0) is 6.42 Å². The molecule has 25 heavy (non-hydrogen) atoms. The van der Waals surface area contributed by atoms with Crippen LogP contribution < -0.4 is 16.0 Å². The second-order valence-corrected chi connectivity index (χ2v) is 5.56. The zero-order valence-electron chi connectivity index (χ0n) is 13.6. The van der Waals surface area contributed by atoms with Crippen LogP contribution in [0.1, 0.15) is 21.5 Å². The van der Waals surface area contributed by atoms with Gasteiger partial charge in [0.15, 0.2) is 17.3 Å². The first kappa shape index (κ1) is 16.9. The first-order chi connectivity index (χ1) is 12.1. The summed E-state index contributed by atoms with van der Waals surface area (Å²) in [5.41, 5.74) is 6.00. The van der Waals surface area contributed by atoms with Crippen LogP contribution in [-0.4, -0.2) is 24.4 Å². The van der Waals surface area contributed by atoms with Crippen LogP contribution in [0, 0.1) is 5.82 Å². The highest BCUT2D eigenvalue weighted by Crippen LogP contribution is 2.29. The quantitative estimate of drug-likeness (QED) is 0.699. The van der Waals surface area contributed by atoms with Gasteiger partial charge in [-0.25, -0.2) is 4.39 Å². The fourth-order valence-electron chi connectivity index (χ4n) is 2.89. The maximum Gasteiger partial charge on any atom is 0.255 e. The molecule has 2 aromatic carbocycles. The molecule has 0 radical (unpaired) electrons. The molecule has 6 heteroatoms. The predicted octanol–water partition coefficient (Wildman–Crippen LogP) is 2.41. The molecular formula is C19H17FN2O3. The number of nitrogens with two attached hydrogens (primary N) is 1. The van der Waals surface area contributed by atoms with Crippen LogP contribution in [0.5, 0.6) is 5.75 Å². The summed E-state index contributed by atoms with van der Waals surface area (Å²) in [5.74, 6) is -1.11. The number of rotatable bonds is 5. The van der Waals surface area contributed by atoms with Crippen LogP contribution in [0.4, 0.5) is 4.39 Å². The molecule has 0 unspecified atom stereocenters. The first-order valence-electron chi connectivity index (χ1n) is 7.79. The van der Waals surface area contributed by atoms with Crippen molar-refractivity contribution < 1.29 is 13.9 Å². The van der Waals surface area contributed by atoms with E-state index in [1.54, 1.807) is 24.3 Å². The second kappa shape index (κ2) is 6.86. The van der Waals surface area contributed by atoms with Crippen molar-refractivity contribution in [3.63, 3.8) is 0 Å². The molecule has 1 heterocycles. The van der Waals surface area contributed by atoms with Crippen molar-refractivity contribution in [3.05, 3.63) is 75.5 Å². The van der Waals surface area contributed by atoms with E-state index in [-0.39, 0.29) is 16.9 Å². The number of nitrogens with one attached hydrogen (secondary N) is 1. The molecular weight excluding hydrogens is 323 g/mol. The average molecular weight is 340 g/mol. The maximum absolute atomic E-state index is 14.6.